The van der Waals surface area contributed by atoms with Crippen molar-refractivity contribution in [2.24, 2.45) is 10.4 Å². The molecule has 0 bridgehead atoms. The van der Waals surface area contributed by atoms with Crippen LogP contribution in [-0.2, 0) is 16.0 Å². The Bertz CT molecular complexity index is 615. The molecule has 158 valence electrons. The lowest BCUT2D eigenvalue weighted by Crippen LogP contribution is -2.46. The molecule has 0 aromatic heterocycles. The summed E-state index contributed by atoms with van der Waals surface area (Å²) in [5.41, 5.74) is 2.61. The number of aryl methyl sites for hydroxylation is 1. The first-order valence-corrected chi connectivity index (χ1v) is 10.3. The van der Waals surface area contributed by atoms with Crippen LogP contribution in [0.5, 0.6) is 5.75 Å². The second kappa shape index (κ2) is 11.9. The number of rotatable bonds is 12. The van der Waals surface area contributed by atoms with E-state index in [4.69, 9.17) is 19.2 Å². The van der Waals surface area contributed by atoms with Crippen LogP contribution in [0.2, 0.25) is 0 Å². The smallest absolute Gasteiger partial charge is 0.191 e. The molecule has 6 heteroatoms. The first-order chi connectivity index (χ1) is 13.6. The predicted octanol–water partition coefficient (Wildman–Crippen LogP) is 3.28. The largest absolute Gasteiger partial charge is 0.491 e. The number of hydrogen-bond donors (Lipinski definition) is 2. The lowest BCUT2D eigenvalue weighted by molar-refractivity contribution is 0.0732. The van der Waals surface area contributed by atoms with Crippen molar-refractivity contribution in [3.8, 4) is 5.75 Å². The number of ether oxygens (including phenoxy) is 3. The van der Waals surface area contributed by atoms with Gasteiger partial charge in [0, 0.05) is 39.5 Å². The molecule has 6 nitrogen and oxygen atoms in total. The van der Waals surface area contributed by atoms with E-state index in [-0.39, 0.29) is 0 Å². The van der Waals surface area contributed by atoms with Gasteiger partial charge in [0.2, 0.25) is 0 Å². The van der Waals surface area contributed by atoms with E-state index in [2.05, 4.69) is 42.7 Å². The van der Waals surface area contributed by atoms with E-state index in [1.165, 1.54) is 24.8 Å². The van der Waals surface area contributed by atoms with E-state index in [0.29, 0.717) is 25.2 Å². The van der Waals surface area contributed by atoms with E-state index >= 15 is 0 Å². The molecule has 0 aliphatic heterocycles. The second-order valence-corrected chi connectivity index (χ2v) is 7.60. The third-order valence-electron chi connectivity index (χ3n) is 5.40. The molecular formula is C22H37N3O3. The highest BCUT2D eigenvalue weighted by Crippen LogP contribution is 2.43. The number of aliphatic imine (C=N–C) groups is 1. The van der Waals surface area contributed by atoms with Crippen LogP contribution in [0.3, 0.4) is 0 Å². The summed E-state index contributed by atoms with van der Waals surface area (Å²) in [5, 5.41) is 6.91. The summed E-state index contributed by atoms with van der Waals surface area (Å²) < 4.78 is 16.3. The molecule has 0 unspecified atom stereocenters. The van der Waals surface area contributed by atoms with Gasteiger partial charge in [-0.15, -0.1) is 0 Å². The minimum absolute atomic E-state index is 0.352. The highest BCUT2D eigenvalue weighted by atomic mass is 16.5. The third kappa shape index (κ3) is 6.99. The Morgan fingerprint density at radius 1 is 1.11 bits per heavy atom. The maximum absolute atomic E-state index is 5.89. The Kier molecular flexibility index (Phi) is 9.58. The van der Waals surface area contributed by atoms with E-state index in [1.807, 2.05) is 0 Å². The average Bonchev–Trinajstić information content (AvgIpc) is 2.66. The van der Waals surface area contributed by atoms with Crippen molar-refractivity contribution in [3.05, 3.63) is 29.3 Å². The molecule has 1 aliphatic carbocycles. The van der Waals surface area contributed by atoms with Crippen molar-refractivity contribution in [2.45, 2.75) is 46.1 Å². The zero-order chi connectivity index (χ0) is 20.2. The van der Waals surface area contributed by atoms with Gasteiger partial charge in [-0.25, -0.2) is 4.99 Å². The molecule has 1 aromatic carbocycles. The topological polar surface area (TPSA) is 64.1 Å². The predicted molar refractivity (Wildman–Crippen MR) is 114 cm³/mol. The zero-order valence-corrected chi connectivity index (χ0v) is 18.0. The molecule has 1 aliphatic rings. The maximum atomic E-state index is 5.89. The van der Waals surface area contributed by atoms with Crippen LogP contribution in [0.4, 0.5) is 0 Å². The van der Waals surface area contributed by atoms with Gasteiger partial charge in [0.05, 0.1) is 13.2 Å². The molecule has 0 heterocycles. The van der Waals surface area contributed by atoms with Crippen molar-refractivity contribution in [3.63, 3.8) is 0 Å². The number of guanidine groups is 1. The molecule has 2 N–H and O–H groups in total. The lowest BCUT2D eigenvalue weighted by atomic mass is 9.67. The van der Waals surface area contributed by atoms with Crippen molar-refractivity contribution in [2.75, 3.05) is 47.1 Å². The van der Waals surface area contributed by atoms with Gasteiger partial charge in [-0.2, -0.15) is 0 Å². The van der Waals surface area contributed by atoms with Gasteiger partial charge in [-0.3, -0.25) is 0 Å². The molecule has 0 amide bonds. The van der Waals surface area contributed by atoms with Crippen molar-refractivity contribution in [1.29, 1.82) is 0 Å². The first kappa shape index (κ1) is 22.5. The SMILES string of the molecule is CCNC(=NCc1ccc(C)cc1OCCOC)NCC1(CCOC)CCC1. The Labute approximate surface area is 170 Å². The van der Waals surface area contributed by atoms with Crippen LogP contribution in [0.1, 0.15) is 43.7 Å². The van der Waals surface area contributed by atoms with Gasteiger partial charge < -0.3 is 24.8 Å². The van der Waals surface area contributed by atoms with Crippen LogP contribution in [-0.4, -0.2) is 53.1 Å². The van der Waals surface area contributed by atoms with Gasteiger partial charge >= 0.3 is 0 Å². The fourth-order valence-electron chi connectivity index (χ4n) is 3.45. The highest BCUT2D eigenvalue weighted by molar-refractivity contribution is 5.79. The molecule has 0 atom stereocenters. The summed E-state index contributed by atoms with van der Waals surface area (Å²) in [5.74, 6) is 1.74. The Morgan fingerprint density at radius 2 is 1.89 bits per heavy atom. The zero-order valence-electron chi connectivity index (χ0n) is 18.0. The monoisotopic (exact) mass is 391 g/mol. The van der Waals surface area contributed by atoms with Crippen LogP contribution in [0.25, 0.3) is 0 Å². The number of nitrogens with zero attached hydrogens (tertiary/aromatic N) is 1. The summed E-state index contributed by atoms with van der Waals surface area (Å²) >= 11 is 0. The quantitative estimate of drug-likeness (QED) is 0.325. The Balaban J connectivity index is 1.99. The summed E-state index contributed by atoms with van der Waals surface area (Å²) in [7, 11) is 3.46. The molecular weight excluding hydrogens is 354 g/mol. The lowest BCUT2D eigenvalue weighted by Gasteiger charge is -2.42. The maximum Gasteiger partial charge on any atom is 0.191 e. The fourth-order valence-corrected chi connectivity index (χ4v) is 3.45. The average molecular weight is 392 g/mol. The minimum atomic E-state index is 0.352. The fraction of sp³-hybridized carbons (Fsp3) is 0.682. The van der Waals surface area contributed by atoms with E-state index in [0.717, 1.165) is 43.4 Å². The summed E-state index contributed by atoms with van der Waals surface area (Å²) in [6, 6.07) is 6.26. The number of hydrogen-bond acceptors (Lipinski definition) is 4. The molecule has 0 radical (unpaired) electrons. The van der Waals surface area contributed by atoms with Gasteiger partial charge in [0.25, 0.3) is 0 Å². The van der Waals surface area contributed by atoms with Gasteiger partial charge in [0.1, 0.15) is 12.4 Å². The standard InChI is InChI=1S/C22H37N3O3/c1-5-23-21(25-17-22(9-6-10-22)11-12-26-3)24-16-19-8-7-18(2)15-20(19)28-14-13-27-4/h7-8,15H,5-6,9-14,16-17H2,1-4H3,(H2,23,24,25). The van der Waals surface area contributed by atoms with Crippen molar-refractivity contribution >= 4 is 5.96 Å². The third-order valence-corrected chi connectivity index (χ3v) is 5.40. The van der Waals surface area contributed by atoms with Gasteiger partial charge in [-0.1, -0.05) is 18.6 Å². The van der Waals surface area contributed by atoms with E-state index in [1.54, 1.807) is 14.2 Å². The molecule has 1 saturated carbocycles. The minimum Gasteiger partial charge on any atom is -0.491 e. The summed E-state index contributed by atoms with van der Waals surface area (Å²) in [6.45, 7) is 8.44. The number of benzene rings is 1. The van der Waals surface area contributed by atoms with E-state index < -0.39 is 0 Å². The van der Waals surface area contributed by atoms with Crippen LogP contribution < -0.4 is 15.4 Å². The van der Waals surface area contributed by atoms with Gasteiger partial charge in [-0.05, 0) is 50.2 Å². The van der Waals surface area contributed by atoms with Crippen molar-refractivity contribution < 1.29 is 14.2 Å². The summed E-state index contributed by atoms with van der Waals surface area (Å²) in [4.78, 5) is 4.80. The normalized spacial score (nSPS) is 15.8. The van der Waals surface area contributed by atoms with Crippen molar-refractivity contribution in [1.82, 2.24) is 10.6 Å². The summed E-state index contributed by atoms with van der Waals surface area (Å²) in [6.07, 6.45) is 4.94. The molecule has 2 rings (SSSR count). The molecule has 0 saturated heterocycles. The molecule has 28 heavy (non-hydrogen) atoms. The molecule has 1 aromatic rings. The molecule has 0 spiro atoms. The number of nitrogens with one attached hydrogen (secondary N) is 2. The van der Waals surface area contributed by atoms with Gasteiger partial charge in [0.15, 0.2) is 5.96 Å². The second-order valence-electron chi connectivity index (χ2n) is 7.60. The Morgan fingerprint density at radius 3 is 2.54 bits per heavy atom. The Hall–Kier alpha value is -1.79. The van der Waals surface area contributed by atoms with Crippen LogP contribution >= 0.6 is 0 Å². The molecule has 1 fully saturated rings. The first-order valence-electron chi connectivity index (χ1n) is 10.3. The van der Waals surface area contributed by atoms with Crippen LogP contribution in [0.15, 0.2) is 23.2 Å². The van der Waals surface area contributed by atoms with Crippen LogP contribution in [0, 0.1) is 12.3 Å². The number of methoxy groups -OCH3 is 2. The van der Waals surface area contributed by atoms with E-state index in [9.17, 15) is 0 Å². The highest BCUT2D eigenvalue weighted by Gasteiger charge is 2.36.